The molecule has 0 aromatic rings. The van der Waals surface area contributed by atoms with Crippen molar-refractivity contribution >= 4 is 0 Å². The molecule has 2 aliphatic rings. The first-order chi connectivity index (χ1) is 9.33. The Morgan fingerprint density at radius 1 is 1.11 bits per heavy atom. The minimum Gasteiger partial charge on any atom is -0.385 e. The van der Waals surface area contributed by atoms with E-state index in [1.54, 1.807) is 7.11 Å². The number of ether oxygens (including phenoxy) is 2. The topological polar surface area (TPSA) is 33.7 Å². The highest BCUT2D eigenvalue weighted by Crippen LogP contribution is 2.29. The largest absolute Gasteiger partial charge is 0.385 e. The molecule has 2 rings (SSSR count). The van der Waals surface area contributed by atoms with Crippen LogP contribution in [0.4, 0.5) is 0 Å². The molecule has 2 heterocycles. The number of piperidine rings is 1. The molecule has 2 bridgehead atoms. The molecule has 2 unspecified atom stereocenters. The average Bonchev–Trinajstić information content (AvgIpc) is 2.77. The highest BCUT2D eigenvalue weighted by molar-refractivity contribution is 4.95. The molecule has 2 saturated heterocycles. The predicted molar refractivity (Wildman–Crippen MR) is 77.5 cm³/mol. The van der Waals surface area contributed by atoms with Gasteiger partial charge in [-0.15, -0.1) is 0 Å². The quantitative estimate of drug-likeness (QED) is 0.646. The summed E-state index contributed by atoms with van der Waals surface area (Å²) >= 11 is 0. The van der Waals surface area contributed by atoms with Gasteiger partial charge in [0.25, 0.3) is 0 Å². The number of nitrogens with one attached hydrogen (secondary N) is 1. The van der Waals surface area contributed by atoms with Crippen LogP contribution < -0.4 is 5.32 Å². The Morgan fingerprint density at radius 2 is 1.84 bits per heavy atom. The van der Waals surface area contributed by atoms with E-state index in [9.17, 15) is 0 Å². The Kier molecular flexibility index (Phi) is 6.57. The van der Waals surface area contributed by atoms with Gasteiger partial charge < -0.3 is 14.8 Å². The monoisotopic (exact) mass is 270 g/mol. The maximum atomic E-state index is 5.69. The minimum atomic E-state index is 0.770. The number of methoxy groups -OCH3 is 1. The van der Waals surface area contributed by atoms with Crippen LogP contribution >= 0.6 is 0 Å². The summed E-state index contributed by atoms with van der Waals surface area (Å²) in [7, 11) is 1.74. The van der Waals surface area contributed by atoms with Crippen molar-refractivity contribution in [1.82, 2.24) is 10.2 Å². The SMILES string of the molecule is CCN(CCOCCCOC)C1CC2CCC(C1)N2. The lowest BCUT2D eigenvalue weighted by Crippen LogP contribution is -2.49. The van der Waals surface area contributed by atoms with Gasteiger partial charge in [0, 0.05) is 45.0 Å². The zero-order valence-corrected chi connectivity index (χ0v) is 12.6. The van der Waals surface area contributed by atoms with Gasteiger partial charge in [-0.1, -0.05) is 6.92 Å². The zero-order chi connectivity index (χ0) is 13.5. The fourth-order valence-corrected chi connectivity index (χ4v) is 3.51. The summed E-state index contributed by atoms with van der Waals surface area (Å²) in [4.78, 5) is 2.61. The third-order valence-corrected chi connectivity index (χ3v) is 4.53. The molecule has 0 saturated carbocycles. The Bertz CT molecular complexity index is 238. The van der Waals surface area contributed by atoms with Gasteiger partial charge in [-0.3, -0.25) is 4.90 Å². The number of likely N-dealkylation sites (N-methyl/N-ethyl adjacent to an activating group) is 1. The highest BCUT2D eigenvalue weighted by Gasteiger charge is 2.35. The standard InChI is InChI=1S/C15H30N2O2/c1-3-17(7-10-19-9-4-8-18-2)15-11-13-5-6-14(12-15)16-13/h13-16H,3-12H2,1-2H3. The van der Waals surface area contributed by atoms with E-state index in [0.717, 1.165) is 57.5 Å². The van der Waals surface area contributed by atoms with Gasteiger partial charge in [-0.2, -0.15) is 0 Å². The molecule has 0 spiro atoms. The second-order valence-corrected chi connectivity index (χ2v) is 5.85. The van der Waals surface area contributed by atoms with Gasteiger partial charge in [0.1, 0.15) is 0 Å². The maximum absolute atomic E-state index is 5.69. The molecule has 19 heavy (non-hydrogen) atoms. The molecule has 2 fully saturated rings. The number of fused-ring (bicyclic) bond motifs is 2. The number of nitrogens with zero attached hydrogens (tertiary/aromatic N) is 1. The summed E-state index contributed by atoms with van der Waals surface area (Å²) in [5.41, 5.74) is 0. The predicted octanol–water partition coefficient (Wildman–Crippen LogP) is 1.64. The van der Waals surface area contributed by atoms with Crippen LogP contribution in [-0.4, -0.2) is 63.0 Å². The molecule has 2 aliphatic heterocycles. The number of hydrogen-bond acceptors (Lipinski definition) is 4. The summed E-state index contributed by atoms with van der Waals surface area (Å²) in [6, 6.07) is 2.33. The lowest BCUT2D eigenvalue weighted by molar-refractivity contribution is 0.0639. The Balaban J connectivity index is 1.62. The van der Waals surface area contributed by atoms with Crippen molar-refractivity contribution in [3.05, 3.63) is 0 Å². The average molecular weight is 270 g/mol. The molecule has 0 aromatic carbocycles. The summed E-state index contributed by atoms with van der Waals surface area (Å²) < 4.78 is 10.7. The lowest BCUT2D eigenvalue weighted by atomic mass is 9.98. The van der Waals surface area contributed by atoms with Crippen molar-refractivity contribution in [3.8, 4) is 0 Å². The number of rotatable bonds is 9. The van der Waals surface area contributed by atoms with E-state index in [0.29, 0.717) is 0 Å². The van der Waals surface area contributed by atoms with Crippen LogP contribution in [0, 0.1) is 0 Å². The van der Waals surface area contributed by atoms with E-state index in [2.05, 4.69) is 17.1 Å². The first-order valence-corrected chi connectivity index (χ1v) is 7.90. The van der Waals surface area contributed by atoms with E-state index >= 15 is 0 Å². The molecule has 112 valence electrons. The van der Waals surface area contributed by atoms with Crippen LogP contribution in [0.5, 0.6) is 0 Å². The van der Waals surface area contributed by atoms with Gasteiger partial charge in [0.15, 0.2) is 0 Å². The van der Waals surface area contributed by atoms with Crippen molar-refractivity contribution in [1.29, 1.82) is 0 Å². The van der Waals surface area contributed by atoms with E-state index in [1.165, 1.54) is 25.7 Å². The summed E-state index contributed by atoms with van der Waals surface area (Å²) in [6.07, 6.45) is 6.42. The van der Waals surface area contributed by atoms with Gasteiger partial charge >= 0.3 is 0 Å². The maximum Gasteiger partial charge on any atom is 0.0593 e. The molecule has 2 atom stereocenters. The van der Waals surface area contributed by atoms with Crippen LogP contribution in [0.15, 0.2) is 0 Å². The molecule has 4 heteroatoms. The molecule has 1 N–H and O–H groups in total. The summed E-state index contributed by atoms with van der Waals surface area (Å²) in [6.45, 7) is 6.98. The van der Waals surface area contributed by atoms with Crippen molar-refractivity contribution in [2.24, 2.45) is 0 Å². The third kappa shape index (κ3) is 4.71. The molecule has 0 aromatic heterocycles. The lowest BCUT2D eigenvalue weighted by Gasteiger charge is -2.37. The number of hydrogen-bond donors (Lipinski definition) is 1. The first kappa shape index (κ1) is 15.2. The Hall–Kier alpha value is -0.160. The second-order valence-electron chi connectivity index (χ2n) is 5.85. The molecular weight excluding hydrogens is 240 g/mol. The van der Waals surface area contributed by atoms with Gasteiger partial charge in [0.05, 0.1) is 6.61 Å². The van der Waals surface area contributed by atoms with Crippen molar-refractivity contribution < 1.29 is 9.47 Å². The van der Waals surface area contributed by atoms with E-state index in [4.69, 9.17) is 9.47 Å². The van der Waals surface area contributed by atoms with E-state index < -0.39 is 0 Å². The Morgan fingerprint density at radius 3 is 2.47 bits per heavy atom. The van der Waals surface area contributed by atoms with Gasteiger partial charge in [0.2, 0.25) is 0 Å². The summed E-state index contributed by atoms with van der Waals surface area (Å²) in [5, 5.41) is 3.72. The first-order valence-electron chi connectivity index (χ1n) is 7.90. The minimum absolute atomic E-state index is 0.770. The molecule has 0 aliphatic carbocycles. The van der Waals surface area contributed by atoms with Crippen molar-refractivity contribution in [2.75, 3.05) is 40.0 Å². The van der Waals surface area contributed by atoms with Gasteiger partial charge in [-0.25, -0.2) is 0 Å². The highest BCUT2D eigenvalue weighted by atomic mass is 16.5. The van der Waals surface area contributed by atoms with Gasteiger partial charge in [-0.05, 0) is 38.6 Å². The fourth-order valence-electron chi connectivity index (χ4n) is 3.51. The fraction of sp³-hybridized carbons (Fsp3) is 1.00. The Labute approximate surface area is 117 Å². The zero-order valence-electron chi connectivity index (χ0n) is 12.6. The second kappa shape index (κ2) is 8.20. The normalized spacial score (nSPS) is 30.2. The molecular formula is C15H30N2O2. The molecule has 0 radical (unpaired) electrons. The molecule has 0 amide bonds. The summed E-state index contributed by atoms with van der Waals surface area (Å²) in [5.74, 6) is 0. The third-order valence-electron chi connectivity index (χ3n) is 4.53. The van der Waals surface area contributed by atoms with Crippen LogP contribution in [-0.2, 0) is 9.47 Å². The van der Waals surface area contributed by atoms with Crippen LogP contribution in [0.3, 0.4) is 0 Å². The smallest absolute Gasteiger partial charge is 0.0593 e. The molecule has 4 nitrogen and oxygen atoms in total. The van der Waals surface area contributed by atoms with Crippen molar-refractivity contribution in [3.63, 3.8) is 0 Å². The van der Waals surface area contributed by atoms with Crippen LogP contribution in [0.25, 0.3) is 0 Å². The van der Waals surface area contributed by atoms with Crippen molar-refractivity contribution in [2.45, 2.75) is 57.2 Å². The van der Waals surface area contributed by atoms with Crippen LogP contribution in [0.2, 0.25) is 0 Å². The van der Waals surface area contributed by atoms with E-state index in [-0.39, 0.29) is 0 Å². The van der Waals surface area contributed by atoms with Crippen LogP contribution in [0.1, 0.15) is 39.0 Å². The van der Waals surface area contributed by atoms with E-state index in [1.807, 2.05) is 0 Å².